The Bertz CT molecular complexity index is 409. The molecular weight excluding hydrogens is 248 g/mol. The molecule has 110 valence electrons. The molecular formula is C17H26N2O. The highest BCUT2D eigenvalue weighted by Crippen LogP contribution is 2.29. The van der Waals surface area contributed by atoms with Gasteiger partial charge in [-0.05, 0) is 37.7 Å². The van der Waals surface area contributed by atoms with Crippen molar-refractivity contribution < 1.29 is 4.74 Å². The Morgan fingerprint density at radius 3 is 2.95 bits per heavy atom. The van der Waals surface area contributed by atoms with Gasteiger partial charge in [0, 0.05) is 25.2 Å². The lowest BCUT2D eigenvalue weighted by molar-refractivity contribution is -0.0572. The molecule has 20 heavy (non-hydrogen) atoms. The Kier molecular flexibility index (Phi) is 4.71. The molecule has 2 aliphatic rings. The van der Waals surface area contributed by atoms with Crippen LogP contribution in [0.3, 0.4) is 0 Å². The summed E-state index contributed by atoms with van der Waals surface area (Å²) in [7, 11) is 0. The minimum atomic E-state index is 0.273. The van der Waals surface area contributed by atoms with Gasteiger partial charge in [0.15, 0.2) is 0 Å². The monoisotopic (exact) mass is 274 g/mol. The number of hydrogen-bond acceptors (Lipinski definition) is 3. The van der Waals surface area contributed by atoms with Crippen molar-refractivity contribution in [2.24, 2.45) is 5.73 Å². The van der Waals surface area contributed by atoms with Crippen molar-refractivity contribution in [3.05, 3.63) is 35.9 Å². The summed E-state index contributed by atoms with van der Waals surface area (Å²) in [4.78, 5) is 2.58. The Balaban J connectivity index is 1.47. The van der Waals surface area contributed by atoms with Crippen LogP contribution in [-0.4, -0.2) is 42.8 Å². The number of morpholine rings is 1. The summed E-state index contributed by atoms with van der Waals surface area (Å²) < 4.78 is 5.86. The third-order valence-electron chi connectivity index (χ3n) is 4.71. The molecule has 0 amide bonds. The predicted molar refractivity (Wildman–Crippen MR) is 81.7 cm³/mol. The first-order chi connectivity index (χ1) is 9.83. The first kappa shape index (κ1) is 14.1. The van der Waals surface area contributed by atoms with Gasteiger partial charge in [0.25, 0.3) is 0 Å². The van der Waals surface area contributed by atoms with Gasteiger partial charge in [-0.2, -0.15) is 0 Å². The number of benzene rings is 1. The highest BCUT2D eigenvalue weighted by atomic mass is 16.5. The van der Waals surface area contributed by atoms with Crippen LogP contribution < -0.4 is 5.73 Å². The number of aryl methyl sites for hydroxylation is 1. The molecule has 1 aliphatic heterocycles. The molecule has 0 bridgehead atoms. The van der Waals surface area contributed by atoms with E-state index in [0.717, 1.165) is 32.5 Å². The Hall–Kier alpha value is -0.900. The van der Waals surface area contributed by atoms with Crippen LogP contribution in [0.4, 0.5) is 0 Å². The second-order valence-corrected chi connectivity index (χ2v) is 6.19. The molecule has 0 aromatic heterocycles. The fraction of sp³-hybridized carbons (Fsp3) is 0.647. The maximum absolute atomic E-state index is 6.35. The molecule has 0 radical (unpaired) electrons. The lowest BCUT2D eigenvalue weighted by atomic mass is 10.0. The Labute approximate surface area is 122 Å². The normalized spacial score (nSPS) is 28.2. The zero-order valence-electron chi connectivity index (χ0n) is 12.2. The molecule has 3 rings (SSSR count). The van der Waals surface area contributed by atoms with Crippen molar-refractivity contribution in [2.75, 3.05) is 19.7 Å². The number of rotatable bonds is 5. The topological polar surface area (TPSA) is 38.5 Å². The van der Waals surface area contributed by atoms with E-state index in [1.165, 1.54) is 24.8 Å². The van der Waals surface area contributed by atoms with Crippen molar-refractivity contribution in [1.29, 1.82) is 0 Å². The van der Waals surface area contributed by atoms with Gasteiger partial charge in [-0.15, -0.1) is 0 Å². The smallest absolute Gasteiger partial charge is 0.0730 e. The summed E-state index contributed by atoms with van der Waals surface area (Å²) in [5, 5.41) is 0. The van der Waals surface area contributed by atoms with Gasteiger partial charge >= 0.3 is 0 Å². The number of nitrogens with zero attached hydrogens (tertiary/aromatic N) is 1. The second kappa shape index (κ2) is 6.70. The Morgan fingerprint density at radius 2 is 2.10 bits per heavy atom. The fourth-order valence-electron chi connectivity index (χ4n) is 3.62. The molecule has 1 saturated heterocycles. The predicted octanol–water partition coefficient (Wildman–Crippen LogP) is 2.20. The zero-order chi connectivity index (χ0) is 13.8. The number of nitrogens with two attached hydrogens (primary N) is 1. The lowest BCUT2D eigenvalue weighted by Gasteiger charge is -2.39. The molecule has 2 N–H and O–H groups in total. The van der Waals surface area contributed by atoms with Crippen LogP contribution in [0.5, 0.6) is 0 Å². The molecule has 2 fully saturated rings. The van der Waals surface area contributed by atoms with E-state index in [2.05, 4.69) is 35.2 Å². The molecule has 0 spiro atoms. The first-order valence-corrected chi connectivity index (χ1v) is 7.98. The highest BCUT2D eigenvalue weighted by Gasteiger charge is 2.36. The molecule has 3 heteroatoms. The minimum absolute atomic E-state index is 0.273. The van der Waals surface area contributed by atoms with Crippen molar-refractivity contribution >= 4 is 0 Å². The maximum Gasteiger partial charge on any atom is 0.0730 e. The van der Waals surface area contributed by atoms with Crippen molar-refractivity contribution in [3.63, 3.8) is 0 Å². The summed E-state index contributed by atoms with van der Waals surface area (Å²) in [5.74, 6) is 0. The van der Waals surface area contributed by atoms with Crippen LogP contribution in [0.1, 0.15) is 31.2 Å². The quantitative estimate of drug-likeness (QED) is 0.894. The number of hydrogen-bond donors (Lipinski definition) is 1. The second-order valence-electron chi connectivity index (χ2n) is 6.19. The van der Waals surface area contributed by atoms with Gasteiger partial charge in [-0.1, -0.05) is 30.3 Å². The van der Waals surface area contributed by atoms with Crippen molar-refractivity contribution in [3.8, 4) is 0 Å². The average molecular weight is 274 g/mol. The van der Waals surface area contributed by atoms with Gasteiger partial charge in [-0.25, -0.2) is 0 Å². The standard InChI is InChI=1S/C17H26N2O/c18-15(10-9-14-5-2-1-3-6-14)13-19-11-12-20-17-8-4-7-16(17)19/h1-3,5-6,15-17H,4,7-13,18H2. The van der Waals surface area contributed by atoms with Crippen LogP contribution in [0.15, 0.2) is 30.3 Å². The summed E-state index contributed by atoms with van der Waals surface area (Å²) in [6.45, 7) is 2.96. The SMILES string of the molecule is NC(CCc1ccccc1)CN1CCOC2CCCC21. The van der Waals surface area contributed by atoms with Gasteiger partial charge in [0.2, 0.25) is 0 Å². The molecule has 1 aromatic rings. The zero-order valence-corrected chi connectivity index (χ0v) is 12.2. The van der Waals surface area contributed by atoms with Gasteiger partial charge in [0.1, 0.15) is 0 Å². The summed E-state index contributed by atoms with van der Waals surface area (Å²) in [6.07, 6.45) is 6.46. The fourth-order valence-corrected chi connectivity index (χ4v) is 3.62. The highest BCUT2D eigenvalue weighted by molar-refractivity contribution is 5.14. The third-order valence-corrected chi connectivity index (χ3v) is 4.71. The molecule has 3 atom stereocenters. The maximum atomic E-state index is 6.35. The molecule has 1 heterocycles. The molecule has 3 unspecified atom stereocenters. The van der Waals surface area contributed by atoms with Crippen LogP contribution in [0.25, 0.3) is 0 Å². The molecule has 1 aromatic carbocycles. The third kappa shape index (κ3) is 3.40. The van der Waals surface area contributed by atoms with E-state index in [9.17, 15) is 0 Å². The van der Waals surface area contributed by atoms with Crippen LogP contribution >= 0.6 is 0 Å². The molecule has 1 aliphatic carbocycles. The van der Waals surface area contributed by atoms with Gasteiger partial charge < -0.3 is 10.5 Å². The van der Waals surface area contributed by atoms with E-state index >= 15 is 0 Å². The summed E-state index contributed by atoms with van der Waals surface area (Å²) in [6, 6.07) is 11.6. The van der Waals surface area contributed by atoms with Gasteiger partial charge in [0.05, 0.1) is 12.7 Å². The van der Waals surface area contributed by atoms with Crippen LogP contribution in [-0.2, 0) is 11.2 Å². The molecule has 1 saturated carbocycles. The average Bonchev–Trinajstić information content (AvgIpc) is 2.96. The van der Waals surface area contributed by atoms with E-state index in [1.807, 2.05) is 0 Å². The Morgan fingerprint density at radius 1 is 1.25 bits per heavy atom. The van der Waals surface area contributed by atoms with E-state index in [4.69, 9.17) is 10.5 Å². The van der Waals surface area contributed by atoms with E-state index in [1.54, 1.807) is 0 Å². The summed E-state index contributed by atoms with van der Waals surface area (Å²) >= 11 is 0. The van der Waals surface area contributed by atoms with Crippen LogP contribution in [0.2, 0.25) is 0 Å². The number of ether oxygens (including phenoxy) is 1. The van der Waals surface area contributed by atoms with Gasteiger partial charge in [-0.3, -0.25) is 4.90 Å². The van der Waals surface area contributed by atoms with Crippen molar-refractivity contribution in [2.45, 2.75) is 50.3 Å². The minimum Gasteiger partial charge on any atom is -0.375 e. The van der Waals surface area contributed by atoms with E-state index < -0.39 is 0 Å². The lowest BCUT2D eigenvalue weighted by Crippen LogP contribution is -2.52. The van der Waals surface area contributed by atoms with E-state index in [0.29, 0.717) is 12.1 Å². The largest absolute Gasteiger partial charge is 0.375 e. The number of fused-ring (bicyclic) bond motifs is 1. The van der Waals surface area contributed by atoms with Crippen LogP contribution in [0, 0.1) is 0 Å². The first-order valence-electron chi connectivity index (χ1n) is 7.98. The summed E-state index contributed by atoms with van der Waals surface area (Å²) in [5.41, 5.74) is 7.74. The van der Waals surface area contributed by atoms with E-state index in [-0.39, 0.29) is 6.04 Å². The van der Waals surface area contributed by atoms with Crippen molar-refractivity contribution in [1.82, 2.24) is 4.90 Å². The molecule has 3 nitrogen and oxygen atoms in total.